The second-order valence-corrected chi connectivity index (χ2v) is 8.34. The van der Waals surface area contributed by atoms with Gasteiger partial charge >= 0.3 is 0 Å². The quantitative estimate of drug-likeness (QED) is 0.538. The molecule has 0 N–H and O–H groups in total. The third kappa shape index (κ3) is 4.17. The van der Waals surface area contributed by atoms with Gasteiger partial charge in [-0.05, 0) is 59.9 Å². The predicted octanol–water partition coefficient (Wildman–Crippen LogP) is 5.49. The van der Waals surface area contributed by atoms with Crippen LogP contribution in [0.25, 0.3) is 10.8 Å². The summed E-state index contributed by atoms with van der Waals surface area (Å²) in [7, 11) is 1.69. The smallest absolute Gasteiger partial charge is 0.254 e. The number of hydrogen-bond acceptors (Lipinski definition) is 3. The fourth-order valence-electron chi connectivity index (χ4n) is 3.77. The van der Waals surface area contributed by atoms with Gasteiger partial charge in [-0.1, -0.05) is 36.4 Å². The number of nitrogens with zero attached hydrogens (tertiary/aromatic N) is 1. The lowest BCUT2D eigenvalue weighted by atomic mass is 9.97. The number of benzene rings is 3. The van der Waals surface area contributed by atoms with Crippen molar-refractivity contribution in [2.75, 3.05) is 26.0 Å². The summed E-state index contributed by atoms with van der Waals surface area (Å²) < 4.78 is 5.21. The van der Waals surface area contributed by atoms with E-state index in [1.54, 1.807) is 7.11 Å². The number of carbonyl (C=O) groups excluding carboxylic acids is 1. The van der Waals surface area contributed by atoms with Crippen LogP contribution in [0.3, 0.4) is 0 Å². The molecule has 4 heteroatoms. The highest BCUT2D eigenvalue weighted by atomic mass is 32.2. The molecule has 1 aliphatic rings. The van der Waals surface area contributed by atoms with Gasteiger partial charge in [0, 0.05) is 29.3 Å². The predicted molar refractivity (Wildman–Crippen MR) is 116 cm³/mol. The number of thioether (sulfide) groups is 1. The van der Waals surface area contributed by atoms with Gasteiger partial charge < -0.3 is 9.64 Å². The Hall–Kier alpha value is -2.46. The fraction of sp³-hybridized carbons (Fsp3) is 0.292. The van der Waals surface area contributed by atoms with Crippen LogP contribution in [0.5, 0.6) is 5.75 Å². The molecule has 0 bridgehead atoms. The largest absolute Gasteiger partial charge is 0.497 e. The van der Waals surface area contributed by atoms with E-state index in [-0.39, 0.29) is 5.91 Å². The number of ether oxygens (including phenoxy) is 1. The first-order valence-corrected chi connectivity index (χ1v) is 10.8. The van der Waals surface area contributed by atoms with Crippen molar-refractivity contribution in [1.82, 2.24) is 4.90 Å². The van der Waals surface area contributed by atoms with Gasteiger partial charge in [-0.25, -0.2) is 0 Å². The minimum Gasteiger partial charge on any atom is -0.497 e. The van der Waals surface area contributed by atoms with Crippen LogP contribution < -0.4 is 4.74 Å². The SMILES string of the molecule is COc1ccc(SCC2CCN(C(=O)c3cccc4ccccc34)CC2)cc1. The highest BCUT2D eigenvalue weighted by molar-refractivity contribution is 7.99. The lowest BCUT2D eigenvalue weighted by Gasteiger charge is -2.32. The van der Waals surface area contributed by atoms with Crippen LogP contribution in [0, 0.1) is 5.92 Å². The number of fused-ring (bicyclic) bond motifs is 1. The number of likely N-dealkylation sites (tertiary alicyclic amines) is 1. The lowest BCUT2D eigenvalue weighted by Crippen LogP contribution is -2.39. The summed E-state index contributed by atoms with van der Waals surface area (Å²) in [4.78, 5) is 16.4. The Kier molecular flexibility index (Phi) is 5.87. The maximum Gasteiger partial charge on any atom is 0.254 e. The standard InChI is InChI=1S/C24H25NO2S/c1-27-20-9-11-21(12-10-20)28-17-18-13-15-25(16-14-18)24(26)23-8-4-6-19-5-2-3-7-22(19)23/h2-12,18H,13-17H2,1H3. The molecule has 3 aromatic rings. The van der Waals surface area contributed by atoms with Gasteiger partial charge in [-0.3, -0.25) is 4.79 Å². The van der Waals surface area contributed by atoms with Crippen LogP contribution in [-0.4, -0.2) is 36.8 Å². The second kappa shape index (κ2) is 8.70. The van der Waals surface area contributed by atoms with Crippen molar-refractivity contribution in [3.05, 3.63) is 72.3 Å². The summed E-state index contributed by atoms with van der Waals surface area (Å²) in [6, 6.07) is 22.4. The molecule has 0 aromatic heterocycles. The third-order valence-electron chi connectivity index (χ3n) is 5.47. The van der Waals surface area contributed by atoms with E-state index in [1.807, 2.05) is 59.1 Å². The molecule has 28 heavy (non-hydrogen) atoms. The number of hydrogen-bond donors (Lipinski definition) is 0. The fourth-order valence-corrected chi connectivity index (χ4v) is 4.86. The maximum absolute atomic E-state index is 13.1. The Bertz CT molecular complexity index is 941. The lowest BCUT2D eigenvalue weighted by molar-refractivity contribution is 0.0700. The number of rotatable bonds is 5. The van der Waals surface area contributed by atoms with Crippen molar-refractivity contribution >= 4 is 28.4 Å². The third-order valence-corrected chi connectivity index (χ3v) is 6.71. The van der Waals surface area contributed by atoms with Crippen molar-refractivity contribution in [1.29, 1.82) is 0 Å². The molecule has 3 nitrogen and oxygen atoms in total. The van der Waals surface area contributed by atoms with Crippen molar-refractivity contribution in [2.24, 2.45) is 5.92 Å². The molecule has 0 aliphatic carbocycles. The zero-order valence-corrected chi connectivity index (χ0v) is 17.0. The highest BCUT2D eigenvalue weighted by Crippen LogP contribution is 2.29. The second-order valence-electron chi connectivity index (χ2n) is 7.25. The van der Waals surface area contributed by atoms with Gasteiger partial charge in [-0.2, -0.15) is 0 Å². The number of methoxy groups -OCH3 is 1. The molecule has 1 amide bonds. The molecule has 0 saturated carbocycles. The molecule has 3 aromatic carbocycles. The van der Waals surface area contributed by atoms with Crippen LogP contribution >= 0.6 is 11.8 Å². The topological polar surface area (TPSA) is 29.5 Å². The first-order valence-electron chi connectivity index (χ1n) is 9.78. The maximum atomic E-state index is 13.1. The number of amides is 1. The van der Waals surface area contributed by atoms with Gasteiger partial charge in [0.15, 0.2) is 0 Å². The molecule has 0 spiro atoms. The normalized spacial score (nSPS) is 15.0. The Morgan fingerprint density at radius 3 is 2.46 bits per heavy atom. The molecule has 1 heterocycles. The molecule has 1 fully saturated rings. The van der Waals surface area contributed by atoms with Crippen molar-refractivity contribution in [3.63, 3.8) is 0 Å². The monoisotopic (exact) mass is 391 g/mol. The molecule has 1 saturated heterocycles. The Morgan fingerprint density at radius 2 is 1.71 bits per heavy atom. The average molecular weight is 392 g/mol. The van der Waals surface area contributed by atoms with E-state index in [9.17, 15) is 4.79 Å². The summed E-state index contributed by atoms with van der Waals surface area (Å²) in [6.07, 6.45) is 2.14. The molecule has 0 atom stereocenters. The molecule has 144 valence electrons. The number of piperidine rings is 1. The van der Waals surface area contributed by atoms with E-state index >= 15 is 0 Å². The van der Waals surface area contributed by atoms with Crippen molar-refractivity contribution in [3.8, 4) is 5.75 Å². The summed E-state index contributed by atoms with van der Waals surface area (Å²) in [5.41, 5.74) is 0.823. The van der Waals surface area contributed by atoms with Crippen LogP contribution in [0.2, 0.25) is 0 Å². The zero-order valence-electron chi connectivity index (χ0n) is 16.1. The minimum absolute atomic E-state index is 0.165. The van der Waals surface area contributed by atoms with Gasteiger partial charge in [-0.15, -0.1) is 11.8 Å². The molecular weight excluding hydrogens is 366 g/mol. The first-order chi connectivity index (χ1) is 13.7. The highest BCUT2D eigenvalue weighted by Gasteiger charge is 2.24. The Balaban J connectivity index is 1.33. The Morgan fingerprint density at radius 1 is 1.00 bits per heavy atom. The van der Waals surface area contributed by atoms with Gasteiger partial charge in [0.1, 0.15) is 5.75 Å². The van der Waals surface area contributed by atoms with Crippen molar-refractivity contribution < 1.29 is 9.53 Å². The van der Waals surface area contributed by atoms with Crippen LogP contribution in [-0.2, 0) is 0 Å². The van der Waals surface area contributed by atoms with E-state index in [2.05, 4.69) is 24.3 Å². The van der Waals surface area contributed by atoms with Gasteiger partial charge in [0.05, 0.1) is 7.11 Å². The van der Waals surface area contributed by atoms with E-state index in [4.69, 9.17) is 4.74 Å². The molecule has 0 unspecified atom stereocenters. The summed E-state index contributed by atoms with van der Waals surface area (Å²) in [6.45, 7) is 1.69. The van der Waals surface area contributed by atoms with E-state index in [0.717, 1.165) is 53.8 Å². The van der Waals surface area contributed by atoms with Gasteiger partial charge in [0.2, 0.25) is 0 Å². The molecule has 4 rings (SSSR count). The van der Waals surface area contributed by atoms with Gasteiger partial charge in [0.25, 0.3) is 5.91 Å². The summed E-state index contributed by atoms with van der Waals surface area (Å²) in [5, 5.41) is 2.17. The van der Waals surface area contributed by atoms with Crippen LogP contribution in [0.4, 0.5) is 0 Å². The summed E-state index contributed by atoms with van der Waals surface area (Å²) in [5.74, 6) is 2.81. The zero-order chi connectivity index (χ0) is 19.3. The Labute approximate surface area is 170 Å². The molecule has 1 aliphatic heterocycles. The molecular formula is C24H25NO2S. The summed E-state index contributed by atoms with van der Waals surface area (Å²) >= 11 is 1.90. The van der Waals surface area contributed by atoms with Crippen LogP contribution in [0.1, 0.15) is 23.2 Å². The van der Waals surface area contributed by atoms with E-state index in [0.29, 0.717) is 5.92 Å². The average Bonchev–Trinajstić information content (AvgIpc) is 2.77. The number of carbonyl (C=O) groups is 1. The van der Waals surface area contributed by atoms with Crippen molar-refractivity contribution in [2.45, 2.75) is 17.7 Å². The van der Waals surface area contributed by atoms with E-state index < -0.39 is 0 Å². The first kappa shape index (κ1) is 18.9. The van der Waals surface area contributed by atoms with Crippen LogP contribution in [0.15, 0.2) is 71.6 Å². The van der Waals surface area contributed by atoms with E-state index in [1.165, 1.54) is 4.90 Å². The minimum atomic E-state index is 0.165. The molecule has 0 radical (unpaired) electrons.